The van der Waals surface area contributed by atoms with Gasteiger partial charge in [-0.15, -0.1) is 0 Å². The molecule has 1 amide bonds. The Bertz CT molecular complexity index is 537. The van der Waals surface area contributed by atoms with Crippen molar-refractivity contribution in [3.05, 3.63) is 47.0 Å². The van der Waals surface area contributed by atoms with Crippen LogP contribution in [0.3, 0.4) is 0 Å². The van der Waals surface area contributed by atoms with E-state index in [9.17, 15) is 4.79 Å². The quantitative estimate of drug-likeness (QED) is 0.754. The molecule has 0 radical (unpaired) electrons. The first-order valence-corrected chi connectivity index (χ1v) is 8.96. The van der Waals surface area contributed by atoms with Crippen LogP contribution in [0.5, 0.6) is 0 Å². The summed E-state index contributed by atoms with van der Waals surface area (Å²) in [7, 11) is 1.93. The van der Waals surface area contributed by atoms with Crippen LogP contribution in [0.1, 0.15) is 50.2 Å². The van der Waals surface area contributed by atoms with E-state index >= 15 is 0 Å². The molecule has 0 bridgehead atoms. The number of carbonyl (C=O) groups excluding carboxylic acids is 1. The average Bonchev–Trinajstić information content (AvgIpc) is 2.57. The van der Waals surface area contributed by atoms with Crippen molar-refractivity contribution in [2.24, 2.45) is 0 Å². The van der Waals surface area contributed by atoms with Crippen LogP contribution in [-0.4, -0.2) is 25.7 Å². The highest BCUT2D eigenvalue weighted by molar-refractivity contribution is 5.77. The molecule has 1 aliphatic carbocycles. The van der Waals surface area contributed by atoms with Gasteiger partial charge in [0.2, 0.25) is 5.91 Å². The molecular weight excluding hydrogens is 300 g/mol. The Hall–Kier alpha value is -1.65. The maximum absolute atomic E-state index is 12.0. The van der Waals surface area contributed by atoms with Crippen molar-refractivity contribution in [1.29, 1.82) is 0 Å². The van der Waals surface area contributed by atoms with Crippen molar-refractivity contribution in [2.75, 3.05) is 13.7 Å². The lowest BCUT2D eigenvalue weighted by atomic mass is 9.98. The van der Waals surface area contributed by atoms with E-state index in [4.69, 9.17) is 4.74 Å². The first kappa shape index (κ1) is 18.7. The Morgan fingerprint density at radius 3 is 2.54 bits per heavy atom. The van der Waals surface area contributed by atoms with Gasteiger partial charge in [0.05, 0.1) is 6.10 Å². The second-order valence-electron chi connectivity index (χ2n) is 6.51. The van der Waals surface area contributed by atoms with Gasteiger partial charge >= 0.3 is 0 Å². The number of rotatable bonds is 7. The van der Waals surface area contributed by atoms with Crippen LogP contribution in [0, 0.1) is 0 Å². The van der Waals surface area contributed by atoms with Gasteiger partial charge in [-0.2, -0.15) is 0 Å². The second-order valence-corrected chi connectivity index (χ2v) is 6.51. The molecule has 4 heteroatoms. The van der Waals surface area contributed by atoms with Crippen LogP contribution < -0.4 is 10.6 Å². The number of amides is 1. The Morgan fingerprint density at radius 1 is 1.12 bits per heavy atom. The monoisotopic (exact) mass is 330 g/mol. The molecule has 2 rings (SSSR count). The van der Waals surface area contributed by atoms with Gasteiger partial charge in [-0.25, -0.2) is 0 Å². The molecule has 0 fully saturated rings. The fraction of sp³-hybridized carbons (Fsp3) is 0.550. The third kappa shape index (κ3) is 6.46. The van der Waals surface area contributed by atoms with E-state index in [1.165, 1.54) is 30.4 Å². The lowest BCUT2D eigenvalue weighted by Gasteiger charge is -2.20. The number of hydrogen-bond acceptors (Lipinski definition) is 3. The summed E-state index contributed by atoms with van der Waals surface area (Å²) in [4.78, 5) is 12.0. The zero-order valence-electron chi connectivity index (χ0n) is 14.9. The minimum atomic E-state index is -0.0517. The first-order valence-electron chi connectivity index (χ1n) is 8.96. The molecule has 1 aromatic rings. The molecule has 0 aliphatic heterocycles. The minimum Gasteiger partial charge on any atom is -0.364 e. The number of nitrogens with one attached hydrogen (secondary N) is 2. The van der Waals surface area contributed by atoms with Gasteiger partial charge in [0.15, 0.2) is 0 Å². The predicted molar refractivity (Wildman–Crippen MR) is 97.6 cm³/mol. The summed E-state index contributed by atoms with van der Waals surface area (Å²) >= 11 is 0. The molecule has 0 heterocycles. The van der Waals surface area contributed by atoms with Gasteiger partial charge in [0.25, 0.3) is 0 Å². The van der Waals surface area contributed by atoms with Gasteiger partial charge in [-0.1, -0.05) is 43.2 Å². The molecular formula is C20H30N2O2. The largest absolute Gasteiger partial charge is 0.364 e. The van der Waals surface area contributed by atoms with Crippen molar-refractivity contribution >= 4 is 5.91 Å². The van der Waals surface area contributed by atoms with E-state index in [1.807, 2.05) is 7.05 Å². The first-order chi connectivity index (χ1) is 11.7. The van der Waals surface area contributed by atoms with Gasteiger partial charge in [-0.05, 0) is 49.9 Å². The van der Waals surface area contributed by atoms with E-state index in [1.54, 1.807) is 0 Å². The fourth-order valence-corrected chi connectivity index (χ4v) is 2.96. The predicted octanol–water partition coefficient (Wildman–Crippen LogP) is 3.32. The SMILES string of the molecule is CNCc1ccc(CNC(=O)COC2CCCCC/C=C\2C)cc1. The van der Waals surface area contributed by atoms with Crippen LogP contribution in [0.2, 0.25) is 0 Å². The zero-order valence-corrected chi connectivity index (χ0v) is 14.9. The second kappa shape index (κ2) is 10.3. The molecule has 132 valence electrons. The molecule has 1 aromatic carbocycles. The zero-order chi connectivity index (χ0) is 17.2. The number of hydrogen-bond donors (Lipinski definition) is 2. The van der Waals surface area contributed by atoms with E-state index in [0.717, 1.165) is 24.9 Å². The molecule has 1 unspecified atom stereocenters. The van der Waals surface area contributed by atoms with Crippen molar-refractivity contribution in [3.8, 4) is 0 Å². The highest BCUT2D eigenvalue weighted by Gasteiger charge is 2.14. The van der Waals surface area contributed by atoms with E-state index < -0.39 is 0 Å². The lowest BCUT2D eigenvalue weighted by Crippen LogP contribution is -2.30. The number of allylic oxidation sites excluding steroid dienone is 1. The molecule has 2 N–H and O–H groups in total. The summed E-state index contributed by atoms with van der Waals surface area (Å²) in [5, 5.41) is 6.06. The van der Waals surface area contributed by atoms with Crippen LogP contribution in [0.4, 0.5) is 0 Å². The third-order valence-corrected chi connectivity index (χ3v) is 4.45. The molecule has 4 nitrogen and oxygen atoms in total. The van der Waals surface area contributed by atoms with E-state index in [2.05, 4.69) is 47.9 Å². The highest BCUT2D eigenvalue weighted by Crippen LogP contribution is 2.19. The lowest BCUT2D eigenvalue weighted by molar-refractivity contribution is -0.127. The van der Waals surface area contributed by atoms with Crippen LogP contribution >= 0.6 is 0 Å². The molecule has 1 atom stereocenters. The summed E-state index contributed by atoms with van der Waals surface area (Å²) in [5.41, 5.74) is 3.61. The van der Waals surface area contributed by atoms with Crippen molar-refractivity contribution in [1.82, 2.24) is 10.6 Å². The van der Waals surface area contributed by atoms with Crippen LogP contribution in [-0.2, 0) is 22.6 Å². The standard InChI is InChI=1S/C20H30N2O2/c1-16-7-5-3-4-6-8-19(16)24-15-20(23)22-14-18-11-9-17(10-12-18)13-21-2/h7,9-12,19,21H,3-6,8,13-15H2,1-2H3,(H,22,23)/b16-7-. The Labute approximate surface area is 145 Å². The van der Waals surface area contributed by atoms with Crippen molar-refractivity contribution in [2.45, 2.75) is 58.2 Å². The minimum absolute atomic E-state index is 0.0517. The Balaban J connectivity index is 1.73. The summed E-state index contributed by atoms with van der Waals surface area (Å²) in [6.07, 6.45) is 8.18. The van der Waals surface area contributed by atoms with Gasteiger partial charge in [0.1, 0.15) is 6.61 Å². The normalized spacial score (nSPS) is 20.6. The summed E-state index contributed by atoms with van der Waals surface area (Å²) < 4.78 is 5.84. The fourth-order valence-electron chi connectivity index (χ4n) is 2.96. The summed E-state index contributed by atoms with van der Waals surface area (Å²) in [6.45, 7) is 3.64. The topological polar surface area (TPSA) is 50.4 Å². The van der Waals surface area contributed by atoms with E-state index in [0.29, 0.717) is 6.54 Å². The van der Waals surface area contributed by atoms with Crippen LogP contribution in [0.25, 0.3) is 0 Å². The molecule has 0 spiro atoms. The number of carbonyl (C=O) groups is 1. The van der Waals surface area contributed by atoms with Gasteiger partial charge in [-0.3, -0.25) is 4.79 Å². The van der Waals surface area contributed by atoms with Crippen molar-refractivity contribution < 1.29 is 9.53 Å². The molecule has 0 aromatic heterocycles. The average molecular weight is 330 g/mol. The number of ether oxygens (including phenoxy) is 1. The van der Waals surface area contributed by atoms with Gasteiger partial charge in [0, 0.05) is 13.1 Å². The molecule has 1 aliphatic rings. The molecule has 24 heavy (non-hydrogen) atoms. The molecule has 0 saturated heterocycles. The number of benzene rings is 1. The maximum atomic E-state index is 12.0. The van der Waals surface area contributed by atoms with Crippen LogP contribution in [0.15, 0.2) is 35.9 Å². The smallest absolute Gasteiger partial charge is 0.246 e. The Morgan fingerprint density at radius 2 is 1.83 bits per heavy atom. The summed E-state index contributed by atoms with van der Waals surface area (Å²) in [6, 6.07) is 8.26. The maximum Gasteiger partial charge on any atom is 0.246 e. The molecule has 0 saturated carbocycles. The van der Waals surface area contributed by atoms with Crippen molar-refractivity contribution in [3.63, 3.8) is 0 Å². The third-order valence-electron chi connectivity index (χ3n) is 4.45. The Kier molecular flexibility index (Phi) is 7.99. The summed E-state index contributed by atoms with van der Waals surface area (Å²) in [5.74, 6) is -0.0517. The van der Waals surface area contributed by atoms with E-state index in [-0.39, 0.29) is 18.6 Å². The van der Waals surface area contributed by atoms with Gasteiger partial charge < -0.3 is 15.4 Å². The highest BCUT2D eigenvalue weighted by atomic mass is 16.5.